The molecule has 0 atom stereocenters. The van der Waals surface area contributed by atoms with Crippen molar-refractivity contribution in [2.45, 2.75) is 6.61 Å². The number of oxazole rings is 1. The number of hydrogen-bond acceptors (Lipinski definition) is 6. The molecule has 3 N–H and O–H groups in total. The van der Waals surface area contributed by atoms with Crippen molar-refractivity contribution in [3.63, 3.8) is 0 Å². The molecule has 0 amide bonds. The molecule has 3 aromatic rings. The number of hydrogen-bond donors (Lipinski definition) is 2. The first-order chi connectivity index (χ1) is 12.2. The van der Waals surface area contributed by atoms with Gasteiger partial charge in [0, 0.05) is 11.9 Å². The second-order valence-electron chi connectivity index (χ2n) is 5.14. The molecule has 126 valence electrons. The summed E-state index contributed by atoms with van der Waals surface area (Å²) in [7, 11) is 0. The van der Waals surface area contributed by atoms with E-state index in [1.807, 2.05) is 48.5 Å². The van der Waals surface area contributed by atoms with Crippen molar-refractivity contribution in [3.05, 3.63) is 78.5 Å². The molecule has 0 saturated carbocycles. The molecule has 0 saturated heterocycles. The minimum Gasteiger partial charge on any atom is -0.486 e. The van der Waals surface area contributed by atoms with Gasteiger partial charge >= 0.3 is 0 Å². The lowest BCUT2D eigenvalue weighted by molar-refractivity contribution is 0.270. The fourth-order valence-electron chi connectivity index (χ4n) is 2.11. The van der Waals surface area contributed by atoms with E-state index in [-0.39, 0.29) is 0 Å². The van der Waals surface area contributed by atoms with Gasteiger partial charge in [0.15, 0.2) is 12.2 Å². The molecule has 0 fully saturated rings. The SMILES string of the molecule is N=C/C=C(\N)c1ccc(Oc2ccc(OCc3cnco3)cc2)cc1. The summed E-state index contributed by atoms with van der Waals surface area (Å²) in [5, 5.41) is 7.04. The standard InChI is InChI=1S/C19H17N3O3/c20-10-9-19(21)14-1-3-16(4-2-14)25-17-7-5-15(6-8-17)23-12-18-11-22-13-24-18/h1-11,13,20H,12,21H2/b19-9-,20-10?. The lowest BCUT2D eigenvalue weighted by atomic mass is 10.1. The number of nitrogens with one attached hydrogen (secondary N) is 1. The van der Waals surface area contributed by atoms with E-state index in [0.717, 1.165) is 11.8 Å². The Labute approximate surface area is 145 Å². The Balaban J connectivity index is 1.59. The minimum absolute atomic E-state index is 0.326. The molecule has 6 heteroatoms. The summed E-state index contributed by atoms with van der Waals surface area (Å²) in [5.74, 6) is 2.77. The summed E-state index contributed by atoms with van der Waals surface area (Å²) in [6.45, 7) is 0.326. The maximum Gasteiger partial charge on any atom is 0.181 e. The number of nitrogens with two attached hydrogens (primary N) is 1. The van der Waals surface area contributed by atoms with Gasteiger partial charge in [0.05, 0.1) is 6.20 Å². The number of aromatic nitrogens is 1. The summed E-state index contributed by atoms with van der Waals surface area (Å²) in [5.41, 5.74) is 7.21. The van der Waals surface area contributed by atoms with Crippen LogP contribution in [0, 0.1) is 5.41 Å². The van der Waals surface area contributed by atoms with Crippen molar-refractivity contribution >= 4 is 11.9 Å². The van der Waals surface area contributed by atoms with Gasteiger partial charge in [0.25, 0.3) is 0 Å². The molecule has 0 aliphatic rings. The Morgan fingerprint density at radius 1 is 1.04 bits per heavy atom. The van der Waals surface area contributed by atoms with Crippen LogP contribution in [-0.2, 0) is 6.61 Å². The largest absolute Gasteiger partial charge is 0.486 e. The normalized spacial score (nSPS) is 11.1. The van der Waals surface area contributed by atoms with Gasteiger partial charge in [-0.25, -0.2) is 4.98 Å². The average molecular weight is 335 g/mol. The molecular formula is C19H17N3O3. The zero-order chi connectivity index (χ0) is 17.5. The fraction of sp³-hybridized carbons (Fsp3) is 0.0526. The van der Waals surface area contributed by atoms with Gasteiger partial charge in [-0.05, 0) is 60.2 Å². The molecule has 1 aromatic heterocycles. The number of benzene rings is 2. The van der Waals surface area contributed by atoms with Gasteiger partial charge in [0.1, 0.15) is 23.9 Å². The molecule has 0 aliphatic carbocycles. The van der Waals surface area contributed by atoms with E-state index in [4.69, 9.17) is 25.0 Å². The van der Waals surface area contributed by atoms with E-state index in [2.05, 4.69) is 4.98 Å². The van der Waals surface area contributed by atoms with Crippen LogP contribution in [0.15, 0.2) is 71.6 Å². The lowest BCUT2D eigenvalue weighted by Gasteiger charge is -2.08. The van der Waals surface area contributed by atoms with E-state index in [1.54, 1.807) is 6.20 Å². The molecule has 1 heterocycles. The van der Waals surface area contributed by atoms with Gasteiger partial charge in [0.2, 0.25) is 0 Å². The first-order valence-corrected chi connectivity index (χ1v) is 7.59. The van der Waals surface area contributed by atoms with Crippen LogP contribution in [0.5, 0.6) is 17.2 Å². The average Bonchev–Trinajstić information content (AvgIpc) is 3.15. The van der Waals surface area contributed by atoms with Crippen LogP contribution in [0.2, 0.25) is 0 Å². The summed E-state index contributed by atoms with van der Waals surface area (Å²) in [6.07, 6.45) is 5.68. The Morgan fingerprint density at radius 3 is 2.28 bits per heavy atom. The zero-order valence-corrected chi connectivity index (χ0v) is 13.4. The van der Waals surface area contributed by atoms with E-state index in [1.165, 1.54) is 12.5 Å². The summed E-state index contributed by atoms with van der Waals surface area (Å²) < 4.78 is 16.5. The second-order valence-corrected chi connectivity index (χ2v) is 5.14. The molecule has 0 aliphatic heterocycles. The van der Waals surface area contributed by atoms with Crippen molar-refractivity contribution in [2.24, 2.45) is 5.73 Å². The quantitative estimate of drug-likeness (QED) is 0.637. The summed E-state index contributed by atoms with van der Waals surface area (Å²) >= 11 is 0. The minimum atomic E-state index is 0.326. The fourth-order valence-corrected chi connectivity index (χ4v) is 2.11. The number of ether oxygens (including phenoxy) is 2. The topological polar surface area (TPSA) is 94.4 Å². The monoisotopic (exact) mass is 335 g/mol. The van der Waals surface area contributed by atoms with E-state index >= 15 is 0 Å². The highest BCUT2D eigenvalue weighted by Crippen LogP contribution is 2.25. The van der Waals surface area contributed by atoms with Crippen molar-refractivity contribution < 1.29 is 13.9 Å². The molecule has 6 nitrogen and oxygen atoms in total. The van der Waals surface area contributed by atoms with Gasteiger partial charge in [-0.2, -0.15) is 0 Å². The van der Waals surface area contributed by atoms with E-state index < -0.39 is 0 Å². The highest BCUT2D eigenvalue weighted by Gasteiger charge is 2.02. The molecule has 0 radical (unpaired) electrons. The lowest BCUT2D eigenvalue weighted by Crippen LogP contribution is -1.96. The van der Waals surface area contributed by atoms with Gasteiger partial charge in [-0.1, -0.05) is 0 Å². The van der Waals surface area contributed by atoms with Gasteiger partial charge in [-0.3, -0.25) is 0 Å². The van der Waals surface area contributed by atoms with Crippen molar-refractivity contribution in [1.82, 2.24) is 4.98 Å². The van der Waals surface area contributed by atoms with Crippen LogP contribution in [0.3, 0.4) is 0 Å². The Kier molecular flexibility index (Phi) is 5.11. The Morgan fingerprint density at radius 2 is 1.68 bits per heavy atom. The van der Waals surface area contributed by atoms with Crippen LogP contribution >= 0.6 is 0 Å². The summed E-state index contributed by atoms with van der Waals surface area (Å²) in [4.78, 5) is 3.83. The maximum absolute atomic E-state index is 7.04. The number of rotatable bonds is 7. The number of allylic oxidation sites excluding steroid dienone is 1. The third-order valence-corrected chi connectivity index (χ3v) is 3.37. The third kappa shape index (κ3) is 4.48. The third-order valence-electron chi connectivity index (χ3n) is 3.37. The Hall–Kier alpha value is -3.54. The predicted molar refractivity (Wildman–Crippen MR) is 94.7 cm³/mol. The Bertz CT molecular complexity index is 839. The zero-order valence-electron chi connectivity index (χ0n) is 13.4. The van der Waals surface area contributed by atoms with E-state index in [0.29, 0.717) is 35.3 Å². The number of nitrogens with zero attached hydrogens (tertiary/aromatic N) is 1. The maximum atomic E-state index is 7.04. The highest BCUT2D eigenvalue weighted by atomic mass is 16.5. The van der Waals surface area contributed by atoms with Gasteiger partial charge in [-0.15, -0.1) is 0 Å². The van der Waals surface area contributed by atoms with E-state index in [9.17, 15) is 0 Å². The molecule has 3 rings (SSSR count). The molecule has 0 bridgehead atoms. The molecule has 0 unspecified atom stereocenters. The van der Waals surface area contributed by atoms with Gasteiger partial charge < -0.3 is 25.0 Å². The van der Waals surface area contributed by atoms with Crippen LogP contribution < -0.4 is 15.2 Å². The van der Waals surface area contributed by atoms with Crippen LogP contribution in [0.4, 0.5) is 0 Å². The highest BCUT2D eigenvalue weighted by molar-refractivity contribution is 5.81. The molecule has 2 aromatic carbocycles. The summed E-state index contributed by atoms with van der Waals surface area (Å²) in [6, 6.07) is 14.7. The predicted octanol–water partition coefficient (Wildman–Crippen LogP) is 4.00. The smallest absolute Gasteiger partial charge is 0.181 e. The van der Waals surface area contributed by atoms with Crippen LogP contribution in [0.1, 0.15) is 11.3 Å². The van der Waals surface area contributed by atoms with Crippen molar-refractivity contribution in [3.8, 4) is 17.2 Å². The molecule has 0 spiro atoms. The second kappa shape index (κ2) is 7.83. The van der Waals surface area contributed by atoms with Crippen molar-refractivity contribution in [2.75, 3.05) is 0 Å². The first-order valence-electron chi connectivity index (χ1n) is 7.59. The molecule has 25 heavy (non-hydrogen) atoms. The van der Waals surface area contributed by atoms with Crippen molar-refractivity contribution in [1.29, 1.82) is 5.41 Å². The molecular weight excluding hydrogens is 318 g/mol. The van der Waals surface area contributed by atoms with Crippen LogP contribution in [-0.4, -0.2) is 11.2 Å². The van der Waals surface area contributed by atoms with Crippen LogP contribution in [0.25, 0.3) is 5.70 Å². The first kappa shape index (κ1) is 16.3.